The molecule has 1 unspecified atom stereocenters. The minimum Gasteiger partial charge on any atom is -0.383 e. The summed E-state index contributed by atoms with van der Waals surface area (Å²) in [5.74, 6) is -0.229. The Morgan fingerprint density at radius 3 is 2.95 bits per heavy atom. The molecule has 1 aromatic carbocycles. The maximum absolute atomic E-state index is 11.9. The van der Waals surface area contributed by atoms with E-state index in [1.807, 2.05) is 30.3 Å². The Bertz CT molecular complexity index is 574. The number of carbonyl (C=O) groups excluding carboxylic acids is 1. The van der Waals surface area contributed by atoms with E-state index in [9.17, 15) is 4.79 Å². The highest BCUT2D eigenvalue weighted by atomic mass is 35.5. The molecule has 0 saturated carbocycles. The van der Waals surface area contributed by atoms with E-state index in [1.165, 1.54) is 0 Å². The molecule has 0 aliphatic heterocycles. The van der Waals surface area contributed by atoms with E-state index in [1.54, 1.807) is 13.2 Å². The fourth-order valence-electron chi connectivity index (χ4n) is 1.73. The first-order chi connectivity index (χ1) is 9.20. The molecule has 0 aliphatic rings. The molecule has 0 saturated heterocycles. The Kier molecular flexibility index (Phi) is 4.71. The molecular weight excluding hydrogens is 264 g/mol. The number of aromatic nitrogens is 1. The second-order valence-corrected chi connectivity index (χ2v) is 4.77. The minimum absolute atomic E-state index is 0.229. The number of carbonyl (C=O) groups is 1. The van der Waals surface area contributed by atoms with Crippen molar-refractivity contribution in [3.63, 3.8) is 0 Å². The number of hydrogen-bond donors (Lipinski definition) is 1. The van der Waals surface area contributed by atoms with Crippen LogP contribution in [0.15, 0.2) is 36.4 Å². The lowest BCUT2D eigenvalue weighted by atomic mass is 10.2. The number of nitrogens with one attached hydrogen (secondary N) is 1. The van der Waals surface area contributed by atoms with Crippen LogP contribution >= 0.6 is 11.6 Å². The molecule has 0 radical (unpaired) electrons. The molecule has 100 valence electrons. The van der Waals surface area contributed by atoms with Crippen LogP contribution in [0.1, 0.15) is 10.5 Å². The van der Waals surface area contributed by atoms with Crippen LogP contribution in [0.3, 0.4) is 0 Å². The molecule has 4 nitrogen and oxygen atoms in total. The number of para-hydroxylation sites is 1. The average Bonchev–Trinajstić information content (AvgIpc) is 2.44. The normalized spacial score (nSPS) is 12.3. The van der Waals surface area contributed by atoms with Gasteiger partial charge in [0, 0.05) is 19.0 Å². The Morgan fingerprint density at radius 1 is 1.37 bits per heavy atom. The summed E-state index contributed by atoms with van der Waals surface area (Å²) >= 11 is 5.95. The van der Waals surface area contributed by atoms with Crippen LogP contribution in [-0.4, -0.2) is 36.5 Å². The quantitative estimate of drug-likeness (QED) is 0.853. The van der Waals surface area contributed by atoms with Crippen molar-refractivity contribution >= 4 is 28.4 Å². The summed E-state index contributed by atoms with van der Waals surface area (Å²) in [7, 11) is 1.57. The van der Waals surface area contributed by atoms with Crippen molar-refractivity contribution in [3.8, 4) is 0 Å². The molecular formula is C14H15ClN2O2. The zero-order valence-corrected chi connectivity index (χ0v) is 11.4. The molecule has 5 heteroatoms. The van der Waals surface area contributed by atoms with Crippen molar-refractivity contribution in [2.45, 2.75) is 5.38 Å². The number of ether oxygens (including phenoxy) is 1. The van der Waals surface area contributed by atoms with Crippen molar-refractivity contribution < 1.29 is 9.53 Å². The summed E-state index contributed by atoms with van der Waals surface area (Å²) < 4.78 is 4.90. The number of pyridine rings is 1. The maximum Gasteiger partial charge on any atom is 0.269 e. The molecule has 0 spiro atoms. The topological polar surface area (TPSA) is 51.2 Å². The largest absolute Gasteiger partial charge is 0.383 e. The number of halogens is 1. The highest BCUT2D eigenvalue weighted by molar-refractivity contribution is 6.21. The summed E-state index contributed by atoms with van der Waals surface area (Å²) in [5.41, 5.74) is 1.19. The zero-order chi connectivity index (χ0) is 13.7. The zero-order valence-electron chi connectivity index (χ0n) is 10.6. The molecule has 1 heterocycles. The number of benzene rings is 1. The van der Waals surface area contributed by atoms with Gasteiger partial charge in [0.2, 0.25) is 0 Å². The molecule has 1 atom stereocenters. The van der Waals surface area contributed by atoms with Crippen LogP contribution in [-0.2, 0) is 4.74 Å². The first-order valence-electron chi connectivity index (χ1n) is 5.97. The lowest BCUT2D eigenvalue weighted by Gasteiger charge is -2.09. The Labute approximate surface area is 116 Å². The van der Waals surface area contributed by atoms with Gasteiger partial charge in [-0.25, -0.2) is 4.98 Å². The number of rotatable bonds is 5. The summed E-state index contributed by atoms with van der Waals surface area (Å²) in [6.07, 6.45) is 0. The SMILES string of the molecule is COCC(Cl)CNC(=O)c1ccc2ccccc2n1. The van der Waals surface area contributed by atoms with Crippen molar-refractivity contribution in [3.05, 3.63) is 42.1 Å². The summed E-state index contributed by atoms with van der Waals surface area (Å²) in [5, 5.41) is 3.50. The van der Waals surface area contributed by atoms with E-state index in [0.717, 1.165) is 10.9 Å². The number of methoxy groups -OCH3 is 1. The Morgan fingerprint density at radius 2 is 2.16 bits per heavy atom. The first kappa shape index (κ1) is 13.8. The number of nitrogens with zero attached hydrogens (tertiary/aromatic N) is 1. The molecule has 1 amide bonds. The Hall–Kier alpha value is -1.65. The second-order valence-electron chi connectivity index (χ2n) is 4.15. The van der Waals surface area contributed by atoms with Crippen LogP contribution in [0, 0.1) is 0 Å². The fourth-order valence-corrected chi connectivity index (χ4v) is 1.93. The highest BCUT2D eigenvalue weighted by Crippen LogP contribution is 2.11. The molecule has 0 fully saturated rings. The third kappa shape index (κ3) is 3.66. The maximum atomic E-state index is 11.9. The smallest absolute Gasteiger partial charge is 0.269 e. The van der Waals surface area contributed by atoms with Crippen LogP contribution < -0.4 is 5.32 Å². The van der Waals surface area contributed by atoms with E-state index >= 15 is 0 Å². The van der Waals surface area contributed by atoms with E-state index in [2.05, 4.69) is 10.3 Å². The van der Waals surface area contributed by atoms with Crippen molar-refractivity contribution in [2.24, 2.45) is 0 Å². The van der Waals surface area contributed by atoms with Gasteiger partial charge in [-0.05, 0) is 12.1 Å². The van der Waals surface area contributed by atoms with E-state index < -0.39 is 0 Å². The fraction of sp³-hybridized carbons (Fsp3) is 0.286. The lowest BCUT2D eigenvalue weighted by molar-refractivity contribution is 0.0944. The highest BCUT2D eigenvalue weighted by Gasteiger charge is 2.10. The van der Waals surface area contributed by atoms with Gasteiger partial charge < -0.3 is 10.1 Å². The number of hydrogen-bond acceptors (Lipinski definition) is 3. The van der Waals surface area contributed by atoms with Gasteiger partial charge in [0.05, 0.1) is 17.5 Å². The molecule has 0 aliphatic carbocycles. The van der Waals surface area contributed by atoms with Crippen molar-refractivity contribution in [1.29, 1.82) is 0 Å². The number of amides is 1. The van der Waals surface area contributed by atoms with Gasteiger partial charge in [-0.2, -0.15) is 0 Å². The van der Waals surface area contributed by atoms with E-state index in [4.69, 9.17) is 16.3 Å². The predicted octanol–water partition coefficient (Wildman–Crippen LogP) is 2.22. The summed E-state index contributed by atoms with van der Waals surface area (Å²) in [4.78, 5) is 16.2. The Balaban J connectivity index is 2.05. The lowest BCUT2D eigenvalue weighted by Crippen LogP contribution is -2.32. The van der Waals surface area contributed by atoms with Gasteiger partial charge in [0.15, 0.2) is 0 Å². The summed E-state index contributed by atoms with van der Waals surface area (Å²) in [6.45, 7) is 0.746. The average molecular weight is 279 g/mol. The molecule has 0 bridgehead atoms. The van der Waals surface area contributed by atoms with Gasteiger partial charge in [0.25, 0.3) is 5.91 Å². The van der Waals surface area contributed by atoms with E-state index in [-0.39, 0.29) is 11.3 Å². The minimum atomic E-state index is -0.241. The molecule has 1 N–H and O–H groups in total. The van der Waals surface area contributed by atoms with Crippen molar-refractivity contribution in [1.82, 2.24) is 10.3 Å². The van der Waals surface area contributed by atoms with Crippen molar-refractivity contribution in [2.75, 3.05) is 20.3 Å². The predicted molar refractivity (Wildman–Crippen MR) is 75.6 cm³/mol. The van der Waals surface area contributed by atoms with Crippen LogP contribution in [0.2, 0.25) is 0 Å². The third-order valence-electron chi connectivity index (χ3n) is 2.66. The second kappa shape index (κ2) is 6.50. The van der Waals surface area contributed by atoms with Gasteiger partial charge in [-0.3, -0.25) is 4.79 Å². The van der Waals surface area contributed by atoms with Crippen LogP contribution in [0.25, 0.3) is 10.9 Å². The molecule has 2 rings (SSSR count). The van der Waals surface area contributed by atoms with Gasteiger partial charge in [-0.15, -0.1) is 11.6 Å². The standard InChI is InChI=1S/C14H15ClN2O2/c1-19-9-11(15)8-16-14(18)13-7-6-10-4-2-3-5-12(10)17-13/h2-7,11H,8-9H2,1H3,(H,16,18). The van der Waals surface area contributed by atoms with E-state index in [0.29, 0.717) is 18.8 Å². The van der Waals surface area contributed by atoms with Crippen LogP contribution in [0.4, 0.5) is 0 Å². The first-order valence-corrected chi connectivity index (χ1v) is 6.41. The third-order valence-corrected chi connectivity index (χ3v) is 2.94. The van der Waals surface area contributed by atoms with Crippen LogP contribution in [0.5, 0.6) is 0 Å². The van der Waals surface area contributed by atoms with Gasteiger partial charge in [-0.1, -0.05) is 24.3 Å². The number of alkyl halides is 1. The number of fused-ring (bicyclic) bond motifs is 1. The van der Waals surface area contributed by atoms with Gasteiger partial charge >= 0.3 is 0 Å². The summed E-state index contributed by atoms with van der Waals surface area (Å²) in [6, 6.07) is 11.2. The molecule has 19 heavy (non-hydrogen) atoms. The molecule has 1 aromatic heterocycles. The monoisotopic (exact) mass is 278 g/mol. The van der Waals surface area contributed by atoms with Gasteiger partial charge in [0.1, 0.15) is 5.69 Å². The molecule has 2 aromatic rings.